The summed E-state index contributed by atoms with van der Waals surface area (Å²) in [5.74, 6) is 2.10. The summed E-state index contributed by atoms with van der Waals surface area (Å²) in [5, 5.41) is 0. The first-order valence-electron chi connectivity index (χ1n) is 10.6. The summed E-state index contributed by atoms with van der Waals surface area (Å²) in [5.41, 5.74) is 0.981. The second-order valence-electron chi connectivity index (χ2n) is 7.91. The summed E-state index contributed by atoms with van der Waals surface area (Å²) in [7, 11) is 1.58. The van der Waals surface area contributed by atoms with E-state index in [-0.39, 0.29) is 11.7 Å². The zero-order valence-corrected chi connectivity index (χ0v) is 17.9. The van der Waals surface area contributed by atoms with Crippen molar-refractivity contribution in [2.24, 2.45) is 0 Å². The molecule has 6 nitrogen and oxygen atoms in total. The zero-order valence-electron chi connectivity index (χ0n) is 17.9. The average molecular weight is 421 g/mol. The fraction of sp³-hybridized carbons (Fsp3) is 0.360. The van der Waals surface area contributed by atoms with Crippen LogP contribution in [0, 0.1) is 0 Å². The number of hydrogen-bond donors (Lipinski definition) is 0. The Hall–Kier alpha value is -3.28. The van der Waals surface area contributed by atoms with E-state index in [0.717, 1.165) is 11.3 Å². The summed E-state index contributed by atoms with van der Waals surface area (Å²) in [6.07, 6.45) is 5.01. The van der Waals surface area contributed by atoms with Crippen molar-refractivity contribution in [1.82, 2.24) is 4.90 Å². The van der Waals surface area contributed by atoms with Crippen LogP contribution in [0.15, 0.2) is 48.5 Å². The van der Waals surface area contributed by atoms with Crippen molar-refractivity contribution in [2.45, 2.75) is 31.8 Å². The van der Waals surface area contributed by atoms with Crippen LogP contribution in [0.25, 0.3) is 6.08 Å². The van der Waals surface area contributed by atoms with Crippen LogP contribution in [-0.4, -0.2) is 49.0 Å². The smallest absolute Gasteiger partial charge is 0.246 e. The van der Waals surface area contributed by atoms with E-state index < -0.39 is 5.60 Å². The number of piperidine rings is 1. The van der Waals surface area contributed by atoms with E-state index in [1.807, 2.05) is 42.2 Å². The third-order valence-electron chi connectivity index (χ3n) is 5.89. The van der Waals surface area contributed by atoms with E-state index in [1.54, 1.807) is 31.4 Å². The topological polar surface area (TPSA) is 65.1 Å². The predicted molar refractivity (Wildman–Crippen MR) is 118 cm³/mol. The second kappa shape index (κ2) is 8.84. The average Bonchev–Trinajstić information content (AvgIpc) is 2.79. The van der Waals surface area contributed by atoms with Gasteiger partial charge in [0.25, 0.3) is 0 Å². The minimum atomic E-state index is -0.533. The molecular weight excluding hydrogens is 394 g/mol. The van der Waals surface area contributed by atoms with Gasteiger partial charge in [0, 0.05) is 32.0 Å². The minimum absolute atomic E-state index is 0.0315. The van der Waals surface area contributed by atoms with Gasteiger partial charge in [0.15, 0.2) is 5.78 Å². The molecule has 0 aromatic heterocycles. The highest BCUT2D eigenvalue weighted by Gasteiger charge is 2.43. The standard InChI is InChI=1S/C25H27NO5/c1-3-30-19-7-4-18(5-8-19)6-11-24(28)26-14-12-25(13-15-26)17-22(27)21-16-20(29-2)9-10-23(21)31-25/h4-11,16H,3,12-15,17H2,1-2H3/b11-6+. The second-order valence-corrected chi connectivity index (χ2v) is 7.91. The van der Waals surface area contributed by atoms with Crippen LogP contribution in [-0.2, 0) is 4.79 Å². The minimum Gasteiger partial charge on any atom is -0.497 e. The Kier molecular flexibility index (Phi) is 5.98. The van der Waals surface area contributed by atoms with Crippen molar-refractivity contribution in [1.29, 1.82) is 0 Å². The number of ether oxygens (including phenoxy) is 3. The lowest BCUT2D eigenvalue weighted by atomic mass is 9.82. The molecule has 0 radical (unpaired) electrons. The number of hydrogen-bond acceptors (Lipinski definition) is 5. The number of benzene rings is 2. The van der Waals surface area contributed by atoms with Crippen molar-refractivity contribution >= 4 is 17.8 Å². The third-order valence-corrected chi connectivity index (χ3v) is 5.89. The molecule has 2 heterocycles. The van der Waals surface area contributed by atoms with Crippen molar-refractivity contribution < 1.29 is 23.8 Å². The molecule has 0 bridgehead atoms. The normalized spacial score (nSPS) is 17.4. The molecule has 2 aromatic carbocycles. The summed E-state index contributed by atoms with van der Waals surface area (Å²) in [6, 6.07) is 13.0. The van der Waals surface area contributed by atoms with E-state index in [0.29, 0.717) is 56.0 Å². The van der Waals surface area contributed by atoms with E-state index in [9.17, 15) is 9.59 Å². The first-order chi connectivity index (χ1) is 15.0. The lowest BCUT2D eigenvalue weighted by Crippen LogP contribution is -2.52. The number of ketones is 1. The Morgan fingerprint density at radius 3 is 2.52 bits per heavy atom. The Labute approximate surface area is 182 Å². The van der Waals surface area contributed by atoms with Gasteiger partial charge in [0.2, 0.25) is 5.91 Å². The Balaban J connectivity index is 1.36. The van der Waals surface area contributed by atoms with E-state index in [4.69, 9.17) is 14.2 Å². The number of amides is 1. The number of rotatable bonds is 5. The largest absolute Gasteiger partial charge is 0.497 e. The van der Waals surface area contributed by atoms with Crippen molar-refractivity contribution in [3.8, 4) is 17.2 Å². The molecule has 0 saturated carbocycles. The molecule has 1 spiro atoms. The molecule has 0 aliphatic carbocycles. The van der Waals surface area contributed by atoms with Gasteiger partial charge < -0.3 is 19.1 Å². The number of carbonyl (C=O) groups excluding carboxylic acids is 2. The van der Waals surface area contributed by atoms with Crippen LogP contribution in [0.3, 0.4) is 0 Å². The highest BCUT2D eigenvalue weighted by molar-refractivity contribution is 6.00. The van der Waals surface area contributed by atoms with Crippen molar-refractivity contribution in [3.05, 3.63) is 59.7 Å². The monoisotopic (exact) mass is 421 g/mol. The summed E-state index contributed by atoms with van der Waals surface area (Å²) in [4.78, 5) is 27.2. The molecule has 4 rings (SSSR count). The maximum atomic E-state index is 12.7. The lowest BCUT2D eigenvalue weighted by molar-refractivity contribution is -0.129. The van der Waals surface area contributed by atoms with Crippen LogP contribution < -0.4 is 14.2 Å². The van der Waals surface area contributed by atoms with Gasteiger partial charge in [-0.1, -0.05) is 12.1 Å². The fourth-order valence-corrected chi connectivity index (χ4v) is 4.13. The number of fused-ring (bicyclic) bond motifs is 1. The fourth-order valence-electron chi connectivity index (χ4n) is 4.13. The van der Waals surface area contributed by atoms with Gasteiger partial charge in [0.1, 0.15) is 22.8 Å². The van der Waals surface area contributed by atoms with Gasteiger partial charge in [-0.2, -0.15) is 0 Å². The summed E-state index contributed by atoms with van der Waals surface area (Å²) >= 11 is 0. The molecule has 2 aliphatic heterocycles. The van der Waals surface area contributed by atoms with Crippen LogP contribution in [0.4, 0.5) is 0 Å². The number of likely N-dealkylation sites (tertiary alicyclic amines) is 1. The van der Waals surface area contributed by atoms with Crippen LogP contribution in [0.2, 0.25) is 0 Å². The molecule has 0 N–H and O–H groups in total. The maximum absolute atomic E-state index is 12.7. The quantitative estimate of drug-likeness (QED) is 0.679. The molecule has 162 valence electrons. The predicted octanol–water partition coefficient (Wildman–Crippen LogP) is 4.13. The highest BCUT2D eigenvalue weighted by Crippen LogP contribution is 2.40. The van der Waals surface area contributed by atoms with Gasteiger partial charge in [-0.25, -0.2) is 0 Å². The molecule has 0 atom stereocenters. The van der Waals surface area contributed by atoms with Gasteiger partial charge in [-0.3, -0.25) is 9.59 Å². The number of methoxy groups -OCH3 is 1. The third kappa shape index (κ3) is 4.58. The van der Waals surface area contributed by atoms with Gasteiger partial charge in [-0.15, -0.1) is 0 Å². The molecule has 1 amide bonds. The Morgan fingerprint density at radius 1 is 1.13 bits per heavy atom. The van der Waals surface area contributed by atoms with Crippen molar-refractivity contribution in [3.63, 3.8) is 0 Å². The molecule has 0 unspecified atom stereocenters. The molecule has 31 heavy (non-hydrogen) atoms. The molecule has 1 saturated heterocycles. The zero-order chi connectivity index (χ0) is 21.8. The van der Waals surface area contributed by atoms with E-state index >= 15 is 0 Å². The molecule has 1 fully saturated rings. The molecule has 2 aliphatic rings. The molecule has 2 aromatic rings. The number of Topliss-reactive ketones (excluding diaryl/α,β-unsaturated/α-hetero) is 1. The Bertz CT molecular complexity index is 987. The SMILES string of the molecule is CCOc1ccc(/C=C/C(=O)N2CCC3(CC2)CC(=O)c2cc(OC)ccc2O3)cc1. The first kappa shape index (κ1) is 21.0. The summed E-state index contributed by atoms with van der Waals surface area (Å²) in [6.45, 7) is 3.69. The maximum Gasteiger partial charge on any atom is 0.246 e. The summed E-state index contributed by atoms with van der Waals surface area (Å²) < 4.78 is 16.9. The molecular formula is C25H27NO5. The highest BCUT2D eigenvalue weighted by atomic mass is 16.5. The Morgan fingerprint density at radius 2 is 1.84 bits per heavy atom. The lowest BCUT2D eigenvalue weighted by Gasteiger charge is -2.43. The number of carbonyl (C=O) groups is 2. The first-order valence-corrected chi connectivity index (χ1v) is 10.6. The number of nitrogens with zero attached hydrogens (tertiary/aromatic N) is 1. The van der Waals surface area contributed by atoms with Gasteiger partial charge in [-0.05, 0) is 48.9 Å². The van der Waals surface area contributed by atoms with Crippen LogP contribution >= 0.6 is 0 Å². The molecule has 6 heteroatoms. The van der Waals surface area contributed by atoms with E-state index in [1.165, 1.54) is 0 Å². The van der Waals surface area contributed by atoms with Crippen LogP contribution in [0.5, 0.6) is 17.2 Å². The van der Waals surface area contributed by atoms with Gasteiger partial charge in [0.05, 0.1) is 25.7 Å². The van der Waals surface area contributed by atoms with E-state index in [2.05, 4.69) is 0 Å². The van der Waals surface area contributed by atoms with Gasteiger partial charge >= 0.3 is 0 Å². The van der Waals surface area contributed by atoms with Crippen LogP contribution in [0.1, 0.15) is 42.1 Å². The van der Waals surface area contributed by atoms with Crippen molar-refractivity contribution in [2.75, 3.05) is 26.8 Å².